The van der Waals surface area contributed by atoms with Gasteiger partial charge >= 0.3 is 0 Å². The fourth-order valence-corrected chi connectivity index (χ4v) is 12.9. The third-order valence-corrected chi connectivity index (χ3v) is 12.9. The molecule has 0 spiro atoms. The van der Waals surface area contributed by atoms with Crippen molar-refractivity contribution < 1.29 is 13.9 Å². The lowest BCUT2D eigenvalue weighted by Crippen LogP contribution is -2.58. The minimum atomic E-state index is -2.25. The van der Waals surface area contributed by atoms with Gasteiger partial charge in [0.15, 0.2) is 5.78 Å². The first-order valence-electron chi connectivity index (χ1n) is 3.07. The molecule has 3 heterocycles. The molecule has 3 fully saturated rings. The standard InChI is InChI=1S/C5H8O3P2/c1-9(7)4-3(6)5(9)10(4,2)8/h4-5H,1-2H3. The maximum atomic E-state index is 11.3. The van der Waals surface area contributed by atoms with Crippen molar-refractivity contribution in [2.75, 3.05) is 13.3 Å². The van der Waals surface area contributed by atoms with E-state index in [1.54, 1.807) is 13.3 Å². The number of rotatable bonds is 0. The van der Waals surface area contributed by atoms with Crippen LogP contribution in [0, 0.1) is 0 Å². The normalized spacial score (nSPS) is 64.8. The van der Waals surface area contributed by atoms with Gasteiger partial charge in [-0.3, -0.25) is 4.79 Å². The number of hydrogen-bond donors (Lipinski definition) is 0. The molecule has 0 atom stereocenters. The lowest BCUT2D eigenvalue weighted by atomic mass is 10.5. The molecule has 3 saturated heterocycles. The summed E-state index contributed by atoms with van der Waals surface area (Å²) in [5.41, 5.74) is 0. The molecule has 0 aromatic rings. The largest absolute Gasteiger partial charge is 0.321 e. The van der Waals surface area contributed by atoms with Gasteiger partial charge in [-0.1, -0.05) is 0 Å². The van der Waals surface area contributed by atoms with Crippen LogP contribution in [0.3, 0.4) is 0 Å². The quantitative estimate of drug-likeness (QED) is 0.524. The maximum Gasteiger partial charge on any atom is 0.168 e. The average Bonchev–Trinajstić information content (AvgIpc) is 1.59. The summed E-state index contributed by atoms with van der Waals surface area (Å²) in [5, 5.41) is -1.05. The maximum absolute atomic E-state index is 11.3. The van der Waals surface area contributed by atoms with Crippen LogP contribution in [0.2, 0.25) is 0 Å². The Morgan fingerprint density at radius 2 is 1.40 bits per heavy atom. The van der Waals surface area contributed by atoms with Crippen molar-refractivity contribution in [2.24, 2.45) is 0 Å². The summed E-state index contributed by atoms with van der Waals surface area (Å²) in [6, 6.07) is 0. The second-order valence-corrected chi connectivity index (χ2v) is 10.4. The zero-order chi connectivity index (χ0) is 7.73. The lowest BCUT2D eigenvalue weighted by Gasteiger charge is -2.58. The Morgan fingerprint density at radius 1 is 1.10 bits per heavy atom. The number of Topliss-reactive ketones (excluding diaryl/α,β-unsaturated/α-hetero) is 1. The molecular weight excluding hydrogens is 170 g/mol. The fourth-order valence-electron chi connectivity index (χ4n) is 2.09. The molecule has 0 radical (unpaired) electrons. The van der Waals surface area contributed by atoms with Gasteiger partial charge in [-0.15, -0.1) is 0 Å². The van der Waals surface area contributed by atoms with E-state index in [1.165, 1.54) is 0 Å². The van der Waals surface area contributed by atoms with Crippen molar-refractivity contribution in [3.63, 3.8) is 0 Å². The third kappa shape index (κ3) is 0.400. The van der Waals surface area contributed by atoms with Gasteiger partial charge in [0.1, 0.15) is 25.1 Å². The molecular formula is C5H8O3P2. The molecule has 3 aliphatic heterocycles. The van der Waals surface area contributed by atoms with E-state index in [2.05, 4.69) is 0 Å². The highest BCUT2D eigenvalue weighted by Crippen LogP contribution is 2.95. The van der Waals surface area contributed by atoms with Crippen LogP contribution in [-0.4, -0.2) is 29.9 Å². The third-order valence-electron chi connectivity index (χ3n) is 2.45. The van der Waals surface area contributed by atoms with Gasteiger partial charge in [0.05, 0.1) is 0 Å². The molecule has 2 bridgehead atoms. The predicted octanol–water partition coefficient (Wildman–Crippen LogP) is 1.22. The van der Waals surface area contributed by atoms with E-state index in [-0.39, 0.29) is 5.78 Å². The molecule has 0 amide bonds. The van der Waals surface area contributed by atoms with Crippen molar-refractivity contribution in [1.29, 1.82) is 0 Å². The molecule has 0 saturated carbocycles. The van der Waals surface area contributed by atoms with Gasteiger partial charge in [-0.2, -0.15) is 0 Å². The van der Waals surface area contributed by atoms with Crippen LogP contribution in [-0.2, 0) is 13.9 Å². The molecule has 3 nitrogen and oxygen atoms in total. The van der Waals surface area contributed by atoms with Gasteiger partial charge in [-0.25, -0.2) is 0 Å². The van der Waals surface area contributed by atoms with E-state index in [9.17, 15) is 13.9 Å². The molecule has 0 N–H and O–H groups in total. The minimum Gasteiger partial charge on any atom is -0.321 e. The van der Waals surface area contributed by atoms with Crippen LogP contribution in [0.4, 0.5) is 0 Å². The summed E-state index contributed by atoms with van der Waals surface area (Å²) in [7, 11) is -4.50. The predicted molar refractivity (Wildman–Crippen MR) is 39.6 cm³/mol. The van der Waals surface area contributed by atoms with E-state index in [1.807, 2.05) is 0 Å². The van der Waals surface area contributed by atoms with Crippen molar-refractivity contribution in [1.82, 2.24) is 0 Å². The Labute approximate surface area is 58.9 Å². The van der Waals surface area contributed by atoms with Crippen molar-refractivity contribution in [2.45, 2.75) is 10.8 Å². The Morgan fingerprint density at radius 3 is 1.40 bits per heavy atom. The van der Waals surface area contributed by atoms with E-state index in [4.69, 9.17) is 0 Å². The summed E-state index contributed by atoms with van der Waals surface area (Å²) in [4.78, 5) is 10.8. The van der Waals surface area contributed by atoms with Gasteiger partial charge < -0.3 is 9.13 Å². The van der Waals surface area contributed by atoms with Crippen LogP contribution in [0.25, 0.3) is 0 Å². The number of hydrogen-bond acceptors (Lipinski definition) is 3. The highest BCUT2D eigenvalue weighted by Gasteiger charge is 2.80. The molecule has 0 aromatic carbocycles. The molecule has 10 heavy (non-hydrogen) atoms. The summed E-state index contributed by atoms with van der Waals surface area (Å²) < 4.78 is 22.6. The van der Waals surface area contributed by atoms with Crippen LogP contribution in [0.5, 0.6) is 0 Å². The van der Waals surface area contributed by atoms with Crippen LogP contribution in [0.1, 0.15) is 0 Å². The van der Waals surface area contributed by atoms with Gasteiger partial charge in [0.2, 0.25) is 0 Å². The smallest absolute Gasteiger partial charge is 0.168 e. The second kappa shape index (κ2) is 1.35. The molecule has 3 aliphatic rings. The molecule has 0 unspecified atom stereocenters. The fraction of sp³-hybridized carbons (Fsp3) is 0.800. The van der Waals surface area contributed by atoms with Crippen molar-refractivity contribution in [3.05, 3.63) is 0 Å². The Hall–Kier alpha value is 0.130. The van der Waals surface area contributed by atoms with Crippen molar-refractivity contribution in [3.8, 4) is 0 Å². The summed E-state index contributed by atoms with van der Waals surface area (Å²) >= 11 is 0. The molecule has 3 rings (SSSR count). The average molecular weight is 178 g/mol. The lowest BCUT2D eigenvalue weighted by molar-refractivity contribution is -0.118. The summed E-state index contributed by atoms with van der Waals surface area (Å²) in [5.74, 6) is -0.0170. The first-order chi connectivity index (χ1) is 4.40. The molecule has 0 aromatic heterocycles. The van der Waals surface area contributed by atoms with E-state index in [0.717, 1.165) is 0 Å². The van der Waals surface area contributed by atoms with Gasteiger partial charge in [-0.05, 0) is 13.3 Å². The van der Waals surface area contributed by atoms with E-state index in [0.29, 0.717) is 0 Å². The van der Waals surface area contributed by atoms with Crippen LogP contribution in [0.15, 0.2) is 0 Å². The molecule has 56 valence electrons. The Bertz CT molecular complexity index is 273. The zero-order valence-electron chi connectivity index (χ0n) is 5.77. The van der Waals surface area contributed by atoms with Gasteiger partial charge in [0.25, 0.3) is 0 Å². The topological polar surface area (TPSA) is 51.2 Å². The van der Waals surface area contributed by atoms with Gasteiger partial charge in [0, 0.05) is 0 Å². The number of ketones is 1. The zero-order valence-corrected chi connectivity index (χ0v) is 7.56. The Balaban J connectivity index is 2.49. The second-order valence-electron chi connectivity index (χ2n) is 3.27. The number of carbonyl (C=O) groups excluding carboxylic acids is 1. The van der Waals surface area contributed by atoms with Crippen LogP contribution < -0.4 is 0 Å². The van der Waals surface area contributed by atoms with E-state index < -0.39 is 25.1 Å². The minimum absolute atomic E-state index is 0.0170. The summed E-state index contributed by atoms with van der Waals surface area (Å²) in [6.07, 6.45) is 0. The van der Waals surface area contributed by atoms with E-state index >= 15 is 0 Å². The first kappa shape index (κ1) is 6.82. The first-order valence-corrected chi connectivity index (χ1v) is 7.66. The SMILES string of the molecule is CP1(=O)C2C(=O)C1P2(C)=O. The molecule has 5 heteroatoms. The van der Waals surface area contributed by atoms with Crippen LogP contribution >= 0.6 is 14.3 Å². The highest BCUT2D eigenvalue weighted by atomic mass is 31.3. The highest BCUT2D eigenvalue weighted by molar-refractivity contribution is 8.04. The monoisotopic (exact) mass is 178 g/mol. The van der Waals surface area contributed by atoms with Crippen molar-refractivity contribution >= 4 is 20.1 Å². The molecule has 0 aliphatic carbocycles. The number of carbonyl (C=O) groups is 1. The Kier molecular flexibility index (Phi) is 0.921. The summed E-state index contributed by atoms with van der Waals surface area (Å²) in [6.45, 7) is 3.17.